The number of hydrazine groups is 1. The minimum Gasteiger partial charge on any atom is -0.375 e. The monoisotopic (exact) mass is 215 g/mol. The summed E-state index contributed by atoms with van der Waals surface area (Å²) in [5.74, 6) is 0.0460. The summed E-state index contributed by atoms with van der Waals surface area (Å²) in [5.41, 5.74) is 10.3. The average Bonchev–Trinajstić information content (AvgIpc) is 2.41. The van der Waals surface area contributed by atoms with Crippen molar-refractivity contribution in [3.05, 3.63) is 0 Å². The van der Waals surface area contributed by atoms with Crippen molar-refractivity contribution in [2.75, 3.05) is 0 Å². The number of carbonyl (C=O) groups is 1. The minimum absolute atomic E-state index is 0.0136. The fraction of sp³-hybridized carbons (Fsp3) is 0.778. The molecule has 80 valence electrons. The average molecular weight is 215 g/mol. The lowest BCUT2D eigenvalue weighted by atomic mass is 9.81. The van der Waals surface area contributed by atoms with E-state index in [4.69, 9.17) is 5.73 Å². The van der Waals surface area contributed by atoms with Crippen molar-refractivity contribution in [2.24, 2.45) is 17.1 Å². The molecule has 0 saturated heterocycles. The van der Waals surface area contributed by atoms with Crippen LogP contribution in [-0.4, -0.2) is 11.0 Å². The molecule has 0 aromatic carbocycles. The zero-order chi connectivity index (χ0) is 10.8. The Morgan fingerprint density at radius 3 is 2.57 bits per heavy atom. The molecule has 0 spiro atoms. The Kier molecular flexibility index (Phi) is 3.31. The van der Waals surface area contributed by atoms with Crippen molar-refractivity contribution >= 4 is 23.2 Å². The topological polar surface area (TPSA) is 67.2 Å². The SMILES string of the molecule is CC1(C)CCCC1C(=O)NNC(N)=S. The molecule has 0 aromatic heterocycles. The molecule has 0 bridgehead atoms. The van der Waals surface area contributed by atoms with E-state index >= 15 is 0 Å². The Bertz CT molecular complexity index is 252. The fourth-order valence-electron chi connectivity index (χ4n) is 2.02. The Morgan fingerprint density at radius 1 is 1.50 bits per heavy atom. The largest absolute Gasteiger partial charge is 0.375 e. The molecule has 1 rings (SSSR count). The van der Waals surface area contributed by atoms with Gasteiger partial charge in [-0.15, -0.1) is 0 Å². The summed E-state index contributed by atoms with van der Waals surface area (Å²) < 4.78 is 0. The van der Waals surface area contributed by atoms with Crippen LogP contribution in [0, 0.1) is 11.3 Å². The molecule has 1 aliphatic rings. The Morgan fingerprint density at radius 2 is 2.14 bits per heavy atom. The van der Waals surface area contributed by atoms with Gasteiger partial charge in [0.2, 0.25) is 5.91 Å². The van der Waals surface area contributed by atoms with Gasteiger partial charge in [-0.2, -0.15) is 0 Å². The summed E-state index contributed by atoms with van der Waals surface area (Å²) in [6.45, 7) is 4.23. The van der Waals surface area contributed by atoms with E-state index in [1.54, 1.807) is 0 Å². The first-order valence-corrected chi connectivity index (χ1v) is 5.19. The molecule has 1 atom stereocenters. The molecule has 5 heteroatoms. The molecule has 0 radical (unpaired) electrons. The molecule has 0 aliphatic heterocycles. The third-order valence-corrected chi connectivity index (χ3v) is 2.98. The summed E-state index contributed by atoms with van der Waals surface area (Å²) in [5, 5.41) is 0.0918. The third-order valence-electron chi connectivity index (χ3n) is 2.88. The van der Waals surface area contributed by atoms with E-state index in [0.29, 0.717) is 0 Å². The first-order chi connectivity index (χ1) is 6.43. The van der Waals surface area contributed by atoms with Crippen molar-refractivity contribution in [2.45, 2.75) is 33.1 Å². The van der Waals surface area contributed by atoms with Gasteiger partial charge in [0, 0.05) is 5.92 Å². The number of thiocarbonyl (C=S) groups is 1. The van der Waals surface area contributed by atoms with E-state index < -0.39 is 0 Å². The van der Waals surface area contributed by atoms with Gasteiger partial charge >= 0.3 is 0 Å². The second kappa shape index (κ2) is 4.13. The highest BCUT2D eigenvalue weighted by Gasteiger charge is 2.39. The predicted octanol–water partition coefficient (Wildman–Crippen LogP) is 0.677. The molecule has 1 amide bonds. The van der Waals surface area contributed by atoms with E-state index in [1.807, 2.05) is 0 Å². The van der Waals surface area contributed by atoms with Crippen molar-refractivity contribution in [3.63, 3.8) is 0 Å². The second-order valence-corrected chi connectivity index (χ2v) is 4.85. The van der Waals surface area contributed by atoms with Gasteiger partial charge in [-0.3, -0.25) is 15.6 Å². The van der Waals surface area contributed by atoms with Crippen molar-refractivity contribution in [1.82, 2.24) is 10.9 Å². The molecule has 0 aromatic rings. The summed E-state index contributed by atoms with van der Waals surface area (Å²) in [6.07, 6.45) is 3.15. The maximum absolute atomic E-state index is 11.7. The van der Waals surface area contributed by atoms with Gasteiger partial charge < -0.3 is 5.73 Å². The number of rotatable bonds is 1. The normalized spacial score (nSPS) is 24.3. The first kappa shape index (κ1) is 11.2. The predicted molar refractivity (Wildman–Crippen MR) is 59.2 cm³/mol. The highest BCUT2D eigenvalue weighted by molar-refractivity contribution is 7.80. The van der Waals surface area contributed by atoms with Crippen molar-refractivity contribution in [3.8, 4) is 0 Å². The molecule has 1 fully saturated rings. The van der Waals surface area contributed by atoms with E-state index in [9.17, 15) is 4.79 Å². The van der Waals surface area contributed by atoms with Crippen LogP contribution in [0.25, 0.3) is 0 Å². The Labute approximate surface area is 89.6 Å². The maximum atomic E-state index is 11.7. The molecule has 4 N–H and O–H groups in total. The van der Waals surface area contributed by atoms with E-state index in [1.165, 1.54) is 0 Å². The van der Waals surface area contributed by atoms with Crippen molar-refractivity contribution in [1.29, 1.82) is 0 Å². The van der Waals surface area contributed by atoms with Gasteiger partial charge in [0.1, 0.15) is 0 Å². The van der Waals surface area contributed by atoms with Crippen LogP contribution in [0.5, 0.6) is 0 Å². The standard InChI is InChI=1S/C9H17N3OS/c1-9(2)5-3-4-6(9)7(13)11-12-8(10)14/h6H,3-5H2,1-2H3,(H,11,13)(H3,10,12,14). The molecule has 1 aliphatic carbocycles. The van der Waals surface area contributed by atoms with E-state index in [2.05, 4.69) is 36.9 Å². The lowest BCUT2D eigenvalue weighted by molar-refractivity contribution is -0.128. The Hall–Kier alpha value is -0.840. The van der Waals surface area contributed by atoms with Crippen LogP contribution in [0.4, 0.5) is 0 Å². The number of nitrogens with one attached hydrogen (secondary N) is 2. The minimum atomic E-state index is -0.0136. The van der Waals surface area contributed by atoms with Gasteiger partial charge in [-0.1, -0.05) is 20.3 Å². The molecule has 1 unspecified atom stereocenters. The number of hydrogen-bond donors (Lipinski definition) is 3. The van der Waals surface area contributed by atoms with Crippen LogP contribution < -0.4 is 16.6 Å². The van der Waals surface area contributed by atoms with E-state index in [-0.39, 0.29) is 22.4 Å². The Balaban J connectivity index is 2.48. The second-order valence-electron chi connectivity index (χ2n) is 4.41. The van der Waals surface area contributed by atoms with Crippen LogP contribution >= 0.6 is 12.2 Å². The molecule has 1 saturated carbocycles. The number of nitrogens with two attached hydrogens (primary N) is 1. The van der Waals surface area contributed by atoms with Crippen LogP contribution in [-0.2, 0) is 4.79 Å². The lowest BCUT2D eigenvalue weighted by Crippen LogP contribution is -2.48. The number of carbonyl (C=O) groups excluding carboxylic acids is 1. The van der Waals surface area contributed by atoms with Crippen LogP contribution in [0.15, 0.2) is 0 Å². The zero-order valence-electron chi connectivity index (χ0n) is 8.59. The lowest BCUT2D eigenvalue weighted by Gasteiger charge is -2.25. The number of amides is 1. The molecule has 14 heavy (non-hydrogen) atoms. The molecule has 4 nitrogen and oxygen atoms in total. The van der Waals surface area contributed by atoms with Gasteiger partial charge in [0.15, 0.2) is 5.11 Å². The smallest absolute Gasteiger partial charge is 0.242 e. The zero-order valence-corrected chi connectivity index (χ0v) is 9.41. The van der Waals surface area contributed by atoms with Crippen LogP contribution in [0.1, 0.15) is 33.1 Å². The highest BCUT2D eigenvalue weighted by atomic mass is 32.1. The van der Waals surface area contributed by atoms with Gasteiger partial charge in [-0.25, -0.2) is 0 Å². The summed E-state index contributed by atoms with van der Waals surface area (Å²) >= 11 is 4.60. The summed E-state index contributed by atoms with van der Waals surface area (Å²) in [6, 6.07) is 0. The first-order valence-electron chi connectivity index (χ1n) is 4.79. The van der Waals surface area contributed by atoms with Gasteiger partial charge in [0.25, 0.3) is 0 Å². The van der Waals surface area contributed by atoms with Gasteiger partial charge in [0.05, 0.1) is 0 Å². The molecular formula is C9H17N3OS. The van der Waals surface area contributed by atoms with Crippen LogP contribution in [0.2, 0.25) is 0 Å². The summed E-state index contributed by atoms with van der Waals surface area (Å²) in [4.78, 5) is 11.7. The summed E-state index contributed by atoms with van der Waals surface area (Å²) in [7, 11) is 0. The quantitative estimate of drug-likeness (QED) is 0.444. The highest BCUT2D eigenvalue weighted by Crippen LogP contribution is 2.42. The van der Waals surface area contributed by atoms with Crippen LogP contribution in [0.3, 0.4) is 0 Å². The molecule has 0 heterocycles. The van der Waals surface area contributed by atoms with Crippen molar-refractivity contribution < 1.29 is 4.79 Å². The van der Waals surface area contributed by atoms with E-state index in [0.717, 1.165) is 19.3 Å². The fourth-order valence-corrected chi connectivity index (χ4v) is 2.07. The van der Waals surface area contributed by atoms with Gasteiger partial charge in [-0.05, 0) is 30.5 Å². The third kappa shape index (κ3) is 2.57. The maximum Gasteiger partial charge on any atom is 0.242 e. The number of hydrogen-bond acceptors (Lipinski definition) is 2. The molecular weight excluding hydrogens is 198 g/mol.